The second-order valence-corrected chi connectivity index (χ2v) is 18.5. The molecule has 0 aromatic carbocycles. The predicted molar refractivity (Wildman–Crippen MR) is 306 cm³/mol. The Morgan fingerprint density at radius 2 is 0.535 bits per heavy atom. The number of hydrogen-bond donors (Lipinski definition) is 0. The fraction of sp³-hybridized carbons (Fsp3) is 0.615. The highest BCUT2D eigenvalue weighted by Gasteiger charge is 2.19. The molecule has 0 bridgehead atoms. The molecule has 0 fully saturated rings. The van der Waals surface area contributed by atoms with Crippen LogP contribution in [0.25, 0.3) is 0 Å². The average molecular weight is 982 g/mol. The lowest BCUT2D eigenvalue weighted by Crippen LogP contribution is -2.30. The minimum atomic E-state index is -0.856. The van der Waals surface area contributed by atoms with Gasteiger partial charge in [0.15, 0.2) is 6.10 Å². The minimum Gasteiger partial charge on any atom is -0.462 e. The van der Waals surface area contributed by atoms with Crippen LogP contribution in [0.3, 0.4) is 0 Å². The quantitative estimate of drug-likeness (QED) is 0.0262. The van der Waals surface area contributed by atoms with Gasteiger partial charge in [-0.1, -0.05) is 231 Å². The highest BCUT2D eigenvalue weighted by atomic mass is 16.6. The molecule has 0 aliphatic rings. The average Bonchev–Trinajstić information content (AvgIpc) is 3.37. The lowest BCUT2D eigenvalue weighted by atomic mass is 10.1. The Hall–Kier alpha value is -4.45. The van der Waals surface area contributed by atoms with Crippen molar-refractivity contribution in [1.29, 1.82) is 0 Å². The van der Waals surface area contributed by atoms with Gasteiger partial charge in [0.25, 0.3) is 0 Å². The molecule has 0 radical (unpaired) electrons. The van der Waals surface area contributed by atoms with Crippen LogP contribution < -0.4 is 0 Å². The van der Waals surface area contributed by atoms with Crippen molar-refractivity contribution in [3.05, 3.63) is 134 Å². The second kappa shape index (κ2) is 58.1. The van der Waals surface area contributed by atoms with Gasteiger partial charge in [-0.25, -0.2) is 0 Å². The van der Waals surface area contributed by atoms with E-state index in [0.29, 0.717) is 19.3 Å². The Labute approximate surface area is 436 Å². The van der Waals surface area contributed by atoms with E-state index in [2.05, 4.69) is 130 Å². The molecule has 0 N–H and O–H groups in total. The van der Waals surface area contributed by atoms with Crippen molar-refractivity contribution in [2.45, 2.75) is 245 Å². The first kappa shape index (κ1) is 66.6. The standard InChI is InChI=1S/C65H104O6/c1-4-7-10-13-16-19-22-25-28-30-32-34-37-40-43-46-49-52-55-58-64(67)70-61-62(60-69-63(66)57-54-51-48-45-42-39-36-27-24-21-18-15-12-9-6-3)71-65(68)59-56-53-50-47-44-41-38-35-33-31-29-26-23-20-17-14-11-8-5-2/h16-17,19-20,25-29,32-36,40-41,43-44,49-50,52-53,62H,4-15,18,21-24,30-31,37-39,42,45-48,51,54-61H2,1-3H3/b19-16-,20-17-,28-25-,29-26-,34-32-,35-33-,36-27-,43-40-,44-41-,52-49-,53-50-/t62-/m0/s1. The molecule has 0 aromatic rings. The van der Waals surface area contributed by atoms with E-state index in [1.807, 2.05) is 24.3 Å². The van der Waals surface area contributed by atoms with Gasteiger partial charge >= 0.3 is 17.9 Å². The lowest BCUT2D eigenvalue weighted by Gasteiger charge is -2.18. The molecule has 0 saturated carbocycles. The van der Waals surface area contributed by atoms with Crippen LogP contribution >= 0.6 is 0 Å². The molecule has 0 spiro atoms. The van der Waals surface area contributed by atoms with Crippen molar-refractivity contribution in [3.63, 3.8) is 0 Å². The predicted octanol–water partition coefficient (Wildman–Crippen LogP) is 19.4. The molecule has 0 amide bonds. The van der Waals surface area contributed by atoms with Gasteiger partial charge in [-0.05, 0) is 122 Å². The van der Waals surface area contributed by atoms with Crippen molar-refractivity contribution >= 4 is 17.9 Å². The summed E-state index contributed by atoms with van der Waals surface area (Å²) >= 11 is 0. The van der Waals surface area contributed by atoms with E-state index in [9.17, 15) is 14.4 Å². The number of hydrogen-bond acceptors (Lipinski definition) is 6. The fourth-order valence-corrected chi connectivity index (χ4v) is 7.28. The molecule has 0 aliphatic carbocycles. The van der Waals surface area contributed by atoms with Gasteiger partial charge in [0, 0.05) is 19.3 Å². The number of esters is 3. The summed E-state index contributed by atoms with van der Waals surface area (Å²) in [5.74, 6) is -1.12. The molecule has 0 rings (SSSR count). The summed E-state index contributed by atoms with van der Waals surface area (Å²) in [5, 5.41) is 0. The van der Waals surface area contributed by atoms with Gasteiger partial charge in [-0.2, -0.15) is 0 Å². The normalized spacial score (nSPS) is 13.1. The Morgan fingerprint density at radius 1 is 0.282 bits per heavy atom. The summed E-state index contributed by atoms with van der Waals surface area (Å²) in [5.41, 5.74) is 0. The maximum atomic E-state index is 12.8. The number of allylic oxidation sites excluding steroid dienone is 22. The third-order valence-electron chi connectivity index (χ3n) is 11.6. The van der Waals surface area contributed by atoms with E-state index in [4.69, 9.17) is 14.2 Å². The highest BCUT2D eigenvalue weighted by molar-refractivity contribution is 5.71. The van der Waals surface area contributed by atoms with E-state index in [-0.39, 0.29) is 38.0 Å². The topological polar surface area (TPSA) is 78.9 Å². The van der Waals surface area contributed by atoms with Gasteiger partial charge in [-0.3, -0.25) is 14.4 Å². The number of ether oxygens (including phenoxy) is 3. The van der Waals surface area contributed by atoms with Crippen molar-refractivity contribution in [2.24, 2.45) is 0 Å². The maximum absolute atomic E-state index is 12.8. The molecule has 400 valence electrons. The molecule has 1 atom stereocenters. The van der Waals surface area contributed by atoms with Gasteiger partial charge < -0.3 is 14.2 Å². The molecule has 0 aliphatic heterocycles. The van der Waals surface area contributed by atoms with E-state index in [1.54, 1.807) is 0 Å². The smallest absolute Gasteiger partial charge is 0.306 e. The van der Waals surface area contributed by atoms with Gasteiger partial charge in [-0.15, -0.1) is 0 Å². The fourth-order valence-electron chi connectivity index (χ4n) is 7.28. The molecule has 71 heavy (non-hydrogen) atoms. The largest absolute Gasteiger partial charge is 0.462 e. The SMILES string of the molecule is CCCCC/C=C\C/C=C\C/C=C\C/C=C\C/C=C\CCC(=O)OC[C@H](COC(=O)CCCCCCC/C=C\CCCCCCCC)OC(=O)CC/C=C\C/C=C\C/C=C\C/C=C\C/C=C\CCCCC. The summed E-state index contributed by atoms with van der Waals surface area (Å²) in [4.78, 5) is 38.1. The molecule has 0 unspecified atom stereocenters. The van der Waals surface area contributed by atoms with Crippen molar-refractivity contribution < 1.29 is 28.6 Å². The van der Waals surface area contributed by atoms with E-state index < -0.39 is 12.1 Å². The van der Waals surface area contributed by atoms with Crippen LogP contribution in [0.15, 0.2) is 134 Å². The van der Waals surface area contributed by atoms with Crippen molar-refractivity contribution in [1.82, 2.24) is 0 Å². The van der Waals surface area contributed by atoms with Crippen LogP contribution in [0.1, 0.15) is 239 Å². The van der Waals surface area contributed by atoms with Crippen LogP contribution in [0.5, 0.6) is 0 Å². The van der Waals surface area contributed by atoms with E-state index in [0.717, 1.165) is 83.5 Å². The zero-order valence-corrected chi connectivity index (χ0v) is 45.7. The monoisotopic (exact) mass is 981 g/mol. The molecular formula is C65H104O6. The maximum Gasteiger partial charge on any atom is 0.306 e. The molecule has 6 nitrogen and oxygen atoms in total. The van der Waals surface area contributed by atoms with Gasteiger partial charge in [0.05, 0.1) is 0 Å². The third-order valence-corrected chi connectivity index (χ3v) is 11.6. The number of unbranched alkanes of at least 4 members (excludes halogenated alkanes) is 17. The van der Waals surface area contributed by atoms with Crippen LogP contribution in [0, 0.1) is 0 Å². The summed E-state index contributed by atoms with van der Waals surface area (Å²) < 4.78 is 16.7. The first-order valence-corrected chi connectivity index (χ1v) is 28.7. The van der Waals surface area contributed by atoms with E-state index >= 15 is 0 Å². The Bertz CT molecular complexity index is 1550. The van der Waals surface area contributed by atoms with Gasteiger partial charge in [0.1, 0.15) is 13.2 Å². The molecule has 6 heteroatoms. The minimum absolute atomic E-state index is 0.139. The lowest BCUT2D eigenvalue weighted by molar-refractivity contribution is -0.166. The molecule has 0 heterocycles. The van der Waals surface area contributed by atoms with Crippen LogP contribution in [0.2, 0.25) is 0 Å². The number of carbonyl (C=O) groups excluding carboxylic acids is 3. The zero-order valence-electron chi connectivity index (χ0n) is 45.7. The summed E-state index contributed by atoms with van der Waals surface area (Å²) in [6.07, 6.45) is 81.7. The zero-order chi connectivity index (χ0) is 51.4. The number of carbonyl (C=O) groups is 3. The van der Waals surface area contributed by atoms with Crippen LogP contribution in [-0.2, 0) is 28.6 Å². The summed E-state index contributed by atoms with van der Waals surface area (Å²) in [7, 11) is 0. The Kier molecular flexibility index (Phi) is 54.5. The van der Waals surface area contributed by atoms with E-state index in [1.165, 1.54) is 103 Å². The molecular weight excluding hydrogens is 877 g/mol. The Morgan fingerprint density at radius 3 is 0.915 bits per heavy atom. The Balaban J connectivity index is 4.65. The second-order valence-electron chi connectivity index (χ2n) is 18.5. The van der Waals surface area contributed by atoms with Crippen molar-refractivity contribution in [3.8, 4) is 0 Å². The highest BCUT2D eigenvalue weighted by Crippen LogP contribution is 2.12. The summed E-state index contributed by atoms with van der Waals surface area (Å²) in [6, 6.07) is 0. The van der Waals surface area contributed by atoms with Crippen molar-refractivity contribution in [2.75, 3.05) is 13.2 Å². The molecule has 0 saturated heterocycles. The first-order chi connectivity index (χ1) is 35.0. The van der Waals surface area contributed by atoms with Crippen LogP contribution in [0.4, 0.5) is 0 Å². The summed E-state index contributed by atoms with van der Waals surface area (Å²) in [6.45, 7) is 6.43. The number of rotatable bonds is 50. The molecule has 0 aromatic heterocycles. The third kappa shape index (κ3) is 56.3. The van der Waals surface area contributed by atoms with Gasteiger partial charge in [0.2, 0.25) is 0 Å². The van der Waals surface area contributed by atoms with Crippen LogP contribution in [-0.4, -0.2) is 37.2 Å². The first-order valence-electron chi connectivity index (χ1n) is 28.7.